The van der Waals surface area contributed by atoms with Gasteiger partial charge in [-0.15, -0.1) is 0 Å². The number of nitrogens with zero attached hydrogens (tertiary/aromatic N) is 2. The standard InChI is InChI=1S/C17H22N4O2/c1-17(2,20-15(22)14-10-7-18-8-11(10)14)16-19-9-12-13(23-3)5-4-6-21(12)16/h4-6,9-11,14,18H,7-8H2,1-3H3,(H,20,22). The molecule has 1 amide bonds. The van der Waals surface area contributed by atoms with E-state index < -0.39 is 5.54 Å². The van der Waals surface area contributed by atoms with E-state index in [0.717, 1.165) is 30.2 Å². The second-order valence-corrected chi connectivity index (χ2v) is 7.04. The van der Waals surface area contributed by atoms with Crippen molar-refractivity contribution in [2.75, 3.05) is 20.2 Å². The minimum atomic E-state index is -0.541. The molecule has 0 bridgehead atoms. The first-order valence-corrected chi connectivity index (χ1v) is 8.06. The Kier molecular flexibility index (Phi) is 3.13. The Bertz CT molecular complexity index is 757. The van der Waals surface area contributed by atoms with Crippen LogP contribution >= 0.6 is 0 Å². The van der Waals surface area contributed by atoms with E-state index in [1.54, 1.807) is 13.3 Å². The largest absolute Gasteiger partial charge is 0.494 e. The molecule has 2 fully saturated rings. The van der Waals surface area contributed by atoms with Crippen LogP contribution in [0.25, 0.3) is 5.52 Å². The molecule has 0 spiro atoms. The van der Waals surface area contributed by atoms with Crippen molar-refractivity contribution in [3.8, 4) is 5.75 Å². The molecule has 23 heavy (non-hydrogen) atoms. The number of imidazole rings is 1. The van der Waals surface area contributed by atoms with E-state index in [9.17, 15) is 4.79 Å². The smallest absolute Gasteiger partial charge is 0.224 e. The average Bonchev–Trinajstić information content (AvgIpc) is 2.91. The number of ether oxygens (including phenoxy) is 1. The molecular weight excluding hydrogens is 292 g/mol. The zero-order valence-corrected chi connectivity index (χ0v) is 13.7. The fourth-order valence-corrected chi connectivity index (χ4v) is 3.89. The van der Waals surface area contributed by atoms with Gasteiger partial charge in [-0.05, 0) is 50.9 Å². The minimum absolute atomic E-state index is 0.145. The number of carbonyl (C=O) groups excluding carboxylic acids is 1. The van der Waals surface area contributed by atoms with Crippen molar-refractivity contribution in [1.29, 1.82) is 0 Å². The highest BCUT2D eigenvalue weighted by molar-refractivity contribution is 5.83. The van der Waals surface area contributed by atoms with Crippen LogP contribution in [-0.2, 0) is 10.3 Å². The van der Waals surface area contributed by atoms with Gasteiger partial charge in [0.05, 0.1) is 18.8 Å². The Labute approximate surface area is 135 Å². The van der Waals surface area contributed by atoms with Gasteiger partial charge in [-0.25, -0.2) is 4.98 Å². The third-order valence-electron chi connectivity index (χ3n) is 5.14. The number of fused-ring (bicyclic) bond motifs is 2. The molecule has 2 atom stereocenters. The molecule has 2 aromatic rings. The lowest BCUT2D eigenvalue weighted by Gasteiger charge is -2.26. The lowest BCUT2D eigenvalue weighted by molar-refractivity contribution is -0.124. The summed E-state index contributed by atoms with van der Waals surface area (Å²) in [5.41, 5.74) is 0.361. The molecule has 1 aliphatic carbocycles. The van der Waals surface area contributed by atoms with Gasteiger partial charge in [-0.1, -0.05) is 0 Å². The first kappa shape index (κ1) is 14.5. The Balaban J connectivity index is 1.60. The van der Waals surface area contributed by atoms with E-state index in [4.69, 9.17) is 4.74 Å². The number of aromatic nitrogens is 2. The molecule has 1 saturated heterocycles. The van der Waals surface area contributed by atoms with Crippen molar-refractivity contribution >= 4 is 11.4 Å². The van der Waals surface area contributed by atoms with Gasteiger partial charge < -0.3 is 15.4 Å². The van der Waals surface area contributed by atoms with Gasteiger partial charge >= 0.3 is 0 Å². The highest BCUT2D eigenvalue weighted by atomic mass is 16.5. The van der Waals surface area contributed by atoms with E-state index in [-0.39, 0.29) is 11.8 Å². The fraction of sp³-hybridized carbons (Fsp3) is 0.529. The highest BCUT2D eigenvalue weighted by Crippen LogP contribution is 2.49. The first-order chi connectivity index (χ1) is 11.0. The highest BCUT2D eigenvalue weighted by Gasteiger charge is 2.57. The van der Waals surface area contributed by atoms with Crippen molar-refractivity contribution in [2.24, 2.45) is 17.8 Å². The van der Waals surface area contributed by atoms with Gasteiger partial charge in [0, 0.05) is 12.1 Å². The summed E-state index contributed by atoms with van der Waals surface area (Å²) < 4.78 is 7.36. The number of nitrogens with one attached hydrogen (secondary N) is 2. The molecule has 1 aliphatic heterocycles. The summed E-state index contributed by atoms with van der Waals surface area (Å²) in [5, 5.41) is 6.51. The van der Waals surface area contributed by atoms with E-state index in [1.165, 1.54) is 0 Å². The summed E-state index contributed by atoms with van der Waals surface area (Å²) >= 11 is 0. The monoisotopic (exact) mass is 314 g/mol. The van der Waals surface area contributed by atoms with Gasteiger partial charge in [0.2, 0.25) is 5.91 Å². The molecule has 2 aliphatic rings. The Hall–Kier alpha value is -2.08. The number of hydrogen-bond donors (Lipinski definition) is 2. The van der Waals surface area contributed by atoms with Crippen LogP contribution in [0.5, 0.6) is 5.75 Å². The predicted molar refractivity (Wildman–Crippen MR) is 86.3 cm³/mol. The molecule has 3 heterocycles. The molecule has 0 radical (unpaired) electrons. The minimum Gasteiger partial charge on any atom is -0.494 e. The number of hydrogen-bond acceptors (Lipinski definition) is 4. The number of methoxy groups -OCH3 is 1. The Morgan fingerprint density at radius 1 is 1.43 bits per heavy atom. The summed E-state index contributed by atoms with van der Waals surface area (Å²) in [6.45, 7) is 5.92. The van der Waals surface area contributed by atoms with Crippen LogP contribution in [0.4, 0.5) is 0 Å². The maximum Gasteiger partial charge on any atom is 0.224 e. The van der Waals surface area contributed by atoms with Crippen LogP contribution in [0.2, 0.25) is 0 Å². The molecular formula is C17H22N4O2. The number of amides is 1. The van der Waals surface area contributed by atoms with Crippen LogP contribution < -0.4 is 15.4 Å². The summed E-state index contributed by atoms with van der Waals surface area (Å²) in [6.07, 6.45) is 3.74. The average molecular weight is 314 g/mol. The van der Waals surface area contributed by atoms with Gasteiger partial charge in [0.15, 0.2) is 0 Å². The van der Waals surface area contributed by atoms with Crippen molar-refractivity contribution in [1.82, 2.24) is 20.0 Å². The van der Waals surface area contributed by atoms with Gasteiger partial charge in [-0.2, -0.15) is 0 Å². The van der Waals surface area contributed by atoms with Crippen LogP contribution in [0.1, 0.15) is 19.7 Å². The molecule has 6 heteroatoms. The summed E-state index contributed by atoms with van der Waals surface area (Å²) in [7, 11) is 1.65. The van der Waals surface area contributed by atoms with Gasteiger partial charge in [-0.3, -0.25) is 9.20 Å². The van der Waals surface area contributed by atoms with Crippen molar-refractivity contribution in [3.63, 3.8) is 0 Å². The predicted octanol–water partition coefficient (Wildman–Crippen LogP) is 1.16. The maximum absolute atomic E-state index is 12.6. The lowest BCUT2D eigenvalue weighted by atomic mass is 10.0. The van der Waals surface area contributed by atoms with E-state index >= 15 is 0 Å². The maximum atomic E-state index is 12.6. The molecule has 6 nitrogen and oxygen atoms in total. The van der Waals surface area contributed by atoms with E-state index in [1.807, 2.05) is 36.6 Å². The summed E-state index contributed by atoms with van der Waals surface area (Å²) in [4.78, 5) is 17.1. The first-order valence-electron chi connectivity index (χ1n) is 8.06. The normalized spacial score (nSPS) is 26.1. The van der Waals surface area contributed by atoms with Crippen molar-refractivity contribution < 1.29 is 9.53 Å². The Morgan fingerprint density at radius 2 is 2.17 bits per heavy atom. The molecule has 4 rings (SSSR count). The van der Waals surface area contributed by atoms with Crippen LogP contribution in [0, 0.1) is 17.8 Å². The van der Waals surface area contributed by atoms with E-state index in [0.29, 0.717) is 11.8 Å². The number of carbonyl (C=O) groups is 1. The van der Waals surface area contributed by atoms with Crippen LogP contribution in [-0.4, -0.2) is 35.5 Å². The second-order valence-electron chi connectivity index (χ2n) is 7.04. The third kappa shape index (κ3) is 2.20. The van der Waals surface area contributed by atoms with E-state index in [2.05, 4.69) is 15.6 Å². The molecule has 2 N–H and O–H groups in total. The second kappa shape index (κ2) is 4.96. The molecule has 1 saturated carbocycles. The zero-order valence-electron chi connectivity index (χ0n) is 13.7. The quantitative estimate of drug-likeness (QED) is 0.889. The molecule has 2 aromatic heterocycles. The number of rotatable bonds is 4. The van der Waals surface area contributed by atoms with Crippen molar-refractivity contribution in [3.05, 3.63) is 30.4 Å². The lowest BCUT2D eigenvalue weighted by Crippen LogP contribution is -2.44. The van der Waals surface area contributed by atoms with Crippen LogP contribution in [0.3, 0.4) is 0 Å². The van der Waals surface area contributed by atoms with Gasteiger partial charge in [0.1, 0.15) is 17.1 Å². The van der Waals surface area contributed by atoms with Gasteiger partial charge in [0.25, 0.3) is 0 Å². The third-order valence-corrected chi connectivity index (χ3v) is 5.14. The molecule has 0 aromatic carbocycles. The summed E-state index contributed by atoms with van der Waals surface area (Å²) in [5.74, 6) is 2.92. The Morgan fingerprint density at radius 3 is 2.87 bits per heavy atom. The van der Waals surface area contributed by atoms with Crippen molar-refractivity contribution in [2.45, 2.75) is 19.4 Å². The number of piperidine rings is 1. The number of pyridine rings is 1. The topological polar surface area (TPSA) is 67.7 Å². The van der Waals surface area contributed by atoms with Crippen LogP contribution in [0.15, 0.2) is 24.5 Å². The zero-order chi connectivity index (χ0) is 16.2. The molecule has 2 unspecified atom stereocenters. The summed E-state index contributed by atoms with van der Waals surface area (Å²) in [6, 6.07) is 3.83. The molecule has 122 valence electrons. The fourth-order valence-electron chi connectivity index (χ4n) is 3.89. The SMILES string of the molecule is COc1cccn2c(C(C)(C)NC(=O)C3C4CNCC43)ncc12.